The molecule has 0 spiro atoms. The predicted molar refractivity (Wildman–Crippen MR) is 78.5 cm³/mol. The molecule has 0 atom stereocenters. The third-order valence-electron chi connectivity index (χ3n) is 3.59. The number of amides is 1. The Hall–Kier alpha value is -1.77. The van der Waals surface area contributed by atoms with Crippen LogP contribution >= 0.6 is 0 Å². The second-order valence-corrected chi connectivity index (χ2v) is 6.12. The van der Waals surface area contributed by atoms with Crippen molar-refractivity contribution in [3.05, 3.63) is 42.1 Å². The number of nitrogens with one attached hydrogen (secondary N) is 1. The SMILES string of the molecule is C=C1N(c2cccc(CC(C)C)c2)NC(=O)C1(C)C. The quantitative estimate of drug-likeness (QED) is 0.902. The Morgan fingerprint density at radius 2 is 2.05 bits per heavy atom. The Morgan fingerprint density at radius 1 is 1.37 bits per heavy atom. The number of anilines is 1. The van der Waals surface area contributed by atoms with Crippen LogP contribution in [0.5, 0.6) is 0 Å². The van der Waals surface area contributed by atoms with Crippen LogP contribution in [0.2, 0.25) is 0 Å². The van der Waals surface area contributed by atoms with E-state index in [1.165, 1.54) is 5.56 Å². The van der Waals surface area contributed by atoms with Crippen molar-refractivity contribution in [1.82, 2.24) is 5.43 Å². The highest BCUT2D eigenvalue weighted by Gasteiger charge is 2.42. The number of rotatable bonds is 3. The highest BCUT2D eigenvalue weighted by atomic mass is 16.2. The summed E-state index contributed by atoms with van der Waals surface area (Å²) in [6.45, 7) is 12.2. The summed E-state index contributed by atoms with van der Waals surface area (Å²) in [5.41, 5.74) is 5.38. The van der Waals surface area contributed by atoms with Gasteiger partial charge in [-0.05, 0) is 43.9 Å². The molecule has 1 aliphatic heterocycles. The van der Waals surface area contributed by atoms with E-state index in [0.717, 1.165) is 17.8 Å². The number of nitrogens with zero attached hydrogens (tertiary/aromatic N) is 1. The summed E-state index contributed by atoms with van der Waals surface area (Å²) in [6.07, 6.45) is 1.03. The standard InChI is InChI=1S/C16H22N2O/c1-11(2)9-13-7-6-8-14(10-13)18-12(3)16(4,5)15(19)17-18/h6-8,10-11H,3,9H2,1-2,4-5H3,(H,17,19). The predicted octanol–water partition coefficient (Wildman–Crippen LogP) is 3.28. The number of hydrazine groups is 1. The van der Waals surface area contributed by atoms with Crippen molar-refractivity contribution in [3.63, 3.8) is 0 Å². The summed E-state index contributed by atoms with van der Waals surface area (Å²) in [5, 5.41) is 1.80. The summed E-state index contributed by atoms with van der Waals surface area (Å²) >= 11 is 0. The Balaban J connectivity index is 2.28. The topological polar surface area (TPSA) is 32.3 Å². The molecule has 1 saturated heterocycles. The average Bonchev–Trinajstić information content (AvgIpc) is 2.52. The molecule has 0 bridgehead atoms. The fourth-order valence-corrected chi connectivity index (χ4v) is 2.23. The van der Waals surface area contributed by atoms with Gasteiger partial charge >= 0.3 is 0 Å². The maximum Gasteiger partial charge on any atom is 0.250 e. The molecule has 0 unspecified atom stereocenters. The fourth-order valence-electron chi connectivity index (χ4n) is 2.23. The Labute approximate surface area is 115 Å². The normalized spacial score (nSPS) is 18.1. The molecular formula is C16H22N2O. The molecule has 1 heterocycles. The van der Waals surface area contributed by atoms with Crippen molar-refractivity contribution in [3.8, 4) is 0 Å². The van der Waals surface area contributed by atoms with Crippen LogP contribution in [-0.4, -0.2) is 5.91 Å². The van der Waals surface area contributed by atoms with Gasteiger partial charge in [0.1, 0.15) is 0 Å². The molecule has 1 N–H and O–H groups in total. The molecule has 1 aromatic carbocycles. The average molecular weight is 258 g/mol. The van der Waals surface area contributed by atoms with E-state index in [0.29, 0.717) is 5.92 Å². The maximum atomic E-state index is 11.9. The summed E-state index contributed by atoms with van der Waals surface area (Å²) in [7, 11) is 0. The molecule has 1 aliphatic rings. The van der Waals surface area contributed by atoms with E-state index < -0.39 is 5.41 Å². The van der Waals surface area contributed by atoms with Gasteiger partial charge in [-0.2, -0.15) is 0 Å². The van der Waals surface area contributed by atoms with Gasteiger partial charge in [-0.1, -0.05) is 32.6 Å². The maximum absolute atomic E-state index is 11.9. The molecule has 3 nitrogen and oxygen atoms in total. The number of benzene rings is 1. The van der Waals surface area contributed by atoms with Crippen LogP contribution in [0.4, 0.5) is 5.69 Å². The molecule has 3 heteroatoms. The summed E-state index contributed by atoms with van der Waals surface area (Å²) in [6, 6.07) is 8.26. The zero-order valence-electron chi connectivity index (χ0n) is 12.2. The van der Waals surface area contributed by atoms with Crippen LogP contribution in [0.25, 0.3) is 0 Å². The van der Waals surface area contributed by atoms with Gasteiger partial charge in [0.05, 0.1) is 11.1 Å². The molecule has 102 valence electrons. The number of carbonyl (C=O) groups excluding carboxylic acids is 1. The van der Waals surface area contributed by atoms with Gasteiger partial charge in [-0.25, -0.2) is 0 Å². The van der Waals surface area contributed by atoms with Gasteiger partial charge in [0, 0.05) is 5.70 Å². The van der Waals surface area contributed by atoms with Crippen LogP contribution in [0.3, 0.4) is 0 Å². The van der Waals surface area contributed by atoms with E-state index in [9.17, 15) is 4.79 Å². The van der Waals surface area contributed by atoms with Crippen molar-refractivity contribution in [1.29, 1.82) is 0 Å². The second kappa shape index (κ2) is 4.72. The number of hydrogen-bond acceptors (Lipinski definition) is 2. The van der Waals surface area contributed by atoms with E-state index in [-0.39, 0.29) is 5.91 Å². The lowest BCUT2D eigenvalue weighted by Gasteiger charge is -2.22. The lowest BCUT2D eigenvalue weighted by Crippen LogP contribution is -2.32. The lowest BCUT2D eigenvalue weighted by atomic mass is 9.90. The summed E-state index contributed by atoms with van der Waals surface area (Å²) in [5.74, 6) is 0.606. The first kappa shape index (κ1) is 13.7. The van der Waals surface area contributed by atoms with Gasteiger partial charge in [0.15, 0.2) is 0 Å². The second-order valence-electron chi connectivity index (χ2n) is 6.12. The van der Waals surface area contributed by atoms with Crippen LogP contribution in [0.15, 0.2) is 36.5 Å². The fraction of sp³-hybridized carbons (Fsp3) is 0.438. The van der Waals surface area contributed by atoms with Crippen LogP contribution in [0, 0.1) is 11.3 Å². The van der Waals surface area contributed by atoms with Crippen molar-refractivity contribution < 1.29 is 4.79 Å². The monoisotopic (exact) mass is 258 g/mol. The van der Waals surface area contributed by atoms with Gasteiger partial charge in [0.25, 0.3) is 0 Å². The van der Waals surface area contributed by atoms with Crippen molar-refractivity contribution in [2.75, 3.05) is 5.01 Å². The van der Waals surface area contributed by atoms with Gasteiger partial charge in [-0.15, -0.1) is 0 Å². The minimum absolute atomic E-state index is 0.00763. The molecule has 1 amide bonds. The first-order valence-electron chi connectivity index (χ1n) is 6.72. The minimum Gasteiger partial charge on any atom is -0.272 e. The van der Waals surface area contributed by atoms with Crippen molar-refractivity contribution in [2.45, 2.75) is 34.1 Å². The largest absolute Gasteiger partial charge is 0.272 e. The van der Waals surface area contributed by atoms with Crippen LogP contribution in [-0.2, 0) is 11.2 Å². The van der Waals surface area contributed by atoms with E-state index in [2.05, 4.69) is 38.0 Å². The highest BCUT2D eigenvalue weighted by molar-refractivity contribution is 5.92. The van der Waals surface area contributed by atoms with E-state index in [4.69, 9.17) is 0 Å². The van der Waals surface area contributed by atoms with E-state index in [1.54, 1.807) is 5.01 Å². The van der Waals surface area contributed by atoms with Crippen molar-refractivity contribution in [2.24, 2.45) is 11.3 Å². The third-order valence-corrected chi connectivity index (χ3v) is 3.59. The molecule has 0 radical (unpaired) electrons. The van der Waals surface area contributed by atoms with E-state index in [1.807, 2.05) is 26.0 Å². The molecular weight excluding hydrogens is 236 g/mol. The molecule has 0 saturated carbocycles. The highest BCUT2D eigenvalue weighted by Crippen LogP contribution is 2.36. The Morgan fingerprint density at radius 3 is 2.58 bits per heavy atom. The van der Waals surface area contributed by atoms with Crippen LogP contribution < -0.4 is 10.4 Å². The van der Waals surface area contributed by atoms with Gasteiger partial charge in [-0.3, -0.25) is 15.2 Å². The molecule has 1 fully saturated rings. The zero-order valence-corrected chi connectivity index (χ0v) is 12.2. The molecule has 0 aromatic heterocycles. The molecule has 19 heavy (non-hydrogen) atoms. The van der Waals surface area contributed by atoms with Crippen LogP contribution in [0.1, 0.15) is 33.3 Å². The minimum atomic E-state index is -0.548. The first-order chi connectivity index (χ1) is 8.82. The first-order valence-corrected chi connectivity index (χ1v) is 6.72. The Kier molecular flexibility index (Phi) is 3.40. The Bertz CT molecular complexity index is 517. The van der Waals surface area contributed by atoms with Gasteiger partial charge < -0.3 is 0 Å². The summed E-state index contributed by atoms with van der Waals surface area (Å²) < 4.78 is 0. The molecule has 1 aromatic rings. The number of hydrogen-bond donors (Lipinski definition) is 1. The van der Waals surface area contributed by atoms with Crippen molar-refractivity contribution >= 4 is 11.6 Å². The smallest absolute Gasteiger partial charge is 0.250 e. The molecule has 2 rings (SSSR count). The zero-order chi connectivity index (χ0) is 14.2. The molecule has 0 aliphatic carbocycles. The summed E-state index contributed by atoms with van der Waals surface area (Å²) in [4.78, 5) is 11.9. The van der Waals surface area contributed by atoms with Gasteiger partial charge in [0.2, 0.25) is 5.91 Å². The number of carbonyl (C=O) groups is 1. The lowest BCUT2D eigenvalue weighted by molar-refractivity contribution is -0.125. The third kappa shape index (κ3) is 2.50. The van der Waals surface area contributed by atoms with E-state index >= 15 is 0 Å².